The average Bonchev–Trinajstić information content (AvgIpc) is 2.55. The van der Waals surface area contributed by atoms with E-state index in [0.717, 1.165) is 28.2 Å². The van der Waals surface area contributed by atoms with E-state index in [1.165, 1.54) is 23.2 Å². The quantitative estimate of drug-likeness (QED) is 0.720. The van der Waals surface area contributed by atoms with Gasteiger partial charge in [-0.2, -0.15) is 0 Å². The third kappa shape index (κ3) is 2.24. The van der Waals surface area contributed by atoms with Crippen LogP contribution in [0.3, 0.4) is 0 Å². The summed E-state index contributed by atoms with van der Waals surface area (Å²) >= 11 is 1.42. The van der Waals surface area contributed by atoms with E-state index >= 15 is 0 Å². The fraction of sp³-hybridized carbons (Fsp3) is 0.111. The van der Waals surface area contributed by atoms with Gasteiger partial charge in [-0.15, -0.1) is 0 Å². The summed E-state index contributed by atoms with van der Waals surface area (Å²) in [5, 5.41) is 9.77. The molecule has 2 nitrogen and oxygen atoms in total. The van der Waals surface area contributed by atoms with Crippen LogP contribution in [-0.4, -0.2) is 5.11 Å². The molecule has 3 heteroatoms. The molecule has 0 spiro atoms. The van der Waals surface area contributed by atoms with Crippen LogP contribution in [0.5, 0.6) is 0 Å². The normalized spacial score (nSPS) is 16.7. The van der Waals surface area contributed by atoms with Crippen molar-refractivity contribution in [3.05, 3.63) is 71.7 Å². The third-order valence-corrected chi connectivity index (χ3v) is 4.63. The Morgan fingerprint density at radius 2 is 1.81 bits per heavy atom. The molecule has 0 bridgehead atoms. The highest BCUT2D eigenvalue weighted by Crippen LogP contribution is 2.44. The van der Waals surface area contributed by atoms with Crippen LogP contribution in [-0.2, 0) is 4.18 Å². The zero-order valence-corrected chi connectivity index (χ0v) is 12.2. The summed E-state index contributed by atoms with van der Waals surface area (Å²) in [6.07, 6.45) is 3.26. The van der Waals surface area contributed by atoms with E-state index in [4.69, 9.17) is 4.18 Å². The first kappa shape index (κ1) is 12.6. The Morgan fingerprint density at radius 1 is 0.952 bits per heavy atom. The average molecular weight is 294 g/mol. The van der Waals surface area contributed by atoms with Crippen molar-refractivity contribution < 1.29 is 9.29 Å². The first-order chi connectivity index (χ1) is 10.3. The molecule has 0 amide bonds. The lowest BCUT2D eigenvalue weighted by Crippen LogP contribution is -2.05. The van der Waals surface area contributed by atoms with Crippen LogP contribution in [0.25, 0.3) is 16.7 Å². The smallest absolute Gasteiger partial charge is 0.123 e. The topological polar surface area (TPSA) is 29.5 Å². The highest BCUT2D eigenvalue weighted by atomic mass is 32.2. The molecule has 0 unspecified atom stereocenters. The molecule has 4 rings (SSSR count). The molecule has 104 valence electrons. The maximum absolute atomic E-state index is 9.77. The fourth-order valence-corrected chi connectivity index (χ4v) is 3.54. The Hall–Kier alpha value is -2.13. The van der Waals surface area contributed by atoms with E-state index in [1.807, 2.05) is 24.3 Å². The molecule has 2 aliphatic rings. The second-order valence-corrected chi connectivity index (χ2v) is 5.99. The molecule has 1 aliphatic heterocycles. The van der Waals surface area contributed by atoms with Gasteiger partial charge in [-0.05, 0) is 23.3 Å². The summed E-state index contributed by atoms with van der Waals surface area (Å²) in [7, 11) is 0. The molecular formula is C18H14O2S. The summed E-state index contributed by atoms with van der Waals surface area (Å²) < 4.78 is 5.79. The number of hydrogen-bond acceptors (Lipinski definition) is 3. The van der Waals surface area contributed by atoms with Crippen LogP contribution >= 0.6 is 12.0 Å². The van der Waals surface area contributed by atoms with Crippen LogP contribution < -0.4 is 0 Å². The van der Waals surface area contributed by atoms with Crippen LogP contribution in [0, 0.1) is 0 Å². The van der Waals surface area contributed by atoms with Crippen molar-refractivity contribution in [2.45, 2.75) is 17.7 Å². The number of benzene rings is 2. The summed E-state index contributed by atoms with van der Waals surface area (Å²) in [4.78, 5) is 1.10. The van der Waals surface area contributed by atoms with E-state index in [-0.39, 0.29) is 0 Å². The van der Waals surface area contributed by atoms with Crippen molar-refractivity contribution in [2.24, 2.45) is 0 Å². The van der Waals surface area contributed by atoms with Gasteiger partial charge in [-0.3, -0.25) is 0 Å². The van der Waals surface area contributed by atoms with Gasteiger partial charge in [-0.25, -0.2) is 0 Å². The van der Waals surface area contributed by atoms with Crippen molar-refractivity contribution in [1.82, 2.24) is 0 Å². The molecule has 0 atom stereocenters. The first-order valence-electron chi connectivity index (χ1n) is 6.98. The zero-order chi connectivity index (χ0) is 14.2. The molecule has 0 saturated heterocycles. The van der Waals surface area contributed by atoms with Gasteiger partial charge >= 0.3 is 0 Å². The van der Waals surface area contributed by atoms with Gasteiger partial charge in [0.2, 0.25) is 0 Å². The Kier molecular flexibility index (Phi) is 3.00. The molecule has 1 aliphatic carbocycles. The minimum absolute atomic E-state index is 0.433. The van der Waals surface area contributed by atoms with E-state index in [9.17, 15) is 5.11 Å². The van der Waals surface area contributed by atoms with Crippen molar-refractivity contribution in [3.8, 4) is 11.1 Å². The SMILES string of the molecule is OC1=CC2=C(CC1)OSc1cc(-c3ccccc3)ccc12. The van der Waals surface area contributed by atoms with Gasteiger partial charge in [0.25, 0.3) is 0 Å². The van der Waals surface area contributed by atoms with E-state index in [2.05, 4.69) is 30.3 Å². The summed E-state index contributed by atoms with van der Waals surface area (Å²) in [5.41, 5.74) is 4.54. The van der Waals surface area contributed by atoms with Gasteiger partial charge in [0, 0.05) is 24.0 Å². The van der Waals surface area contributed by atoms with Crippen LogP contribution in [0.2, 0.25) is 0 Å². The molecule has 2 aromatic carbocycles. The lowest BCUT2D eigenvalue weighted by atomic mass is 9.95. The molecule has 21 heavy (non-hydrogen) atoms. The number of hydrogen-bond donors (Lipinski definition) is 1. The second-order valence-electron chi connectivity index (χ2n) is 5.22. The second kappa shape index (κ2) is 5.01. The third-order valence-electron chi connectivity index (χ3n) is 3.83. The predicted octanol–water partition coefficient (Wildman–Crippen LogP) is 5.34. The van der Waals surface area contributed by atoms with E-state index < -0.39 is 0 Å². The Labute approximate surface area is 128 Å². The molecule has 0 aromatic heterocycles. The molecule has 1 heterocycles. The summed E-state index contributed by atoms with van der Waals surface area (Å²) in [5.74, 6) is 1.40. The van der Waals surface area contributed by atoms with E-state index in [1.54, 1.807) is 0 Å². The van der Waals surface area contributed by atoms with Gasteiger partial charge in [0.1, 0.15) is 5.76 Å². The highest BCUT2D eigenvalue weighted by molar-refractivity contribution is 7.95. The molecule has 2 aromatic rings. The minimum Gasteiger partial charge on any atom is -0.512 e. The van der Waals surface area contributed by atoms with Gasteiger partial charge < -0.3 is 9.29 Å². The Morgan fingerprint density at radius 3 is 2.67 bits per heavy atom. The van der Waals surface area contributed by atoms with Crippen LogP contribution in [0.4, 0.5) is 0 Å². The number of allylic oxidation sites excluding steroid dienone is 4. The summed E-state index contributed by atoms with van der Waals surface area (Å²) in [6.45, 7) is 0. The molecule has 0 fully saturated rings. The molecular weight excluding hydrogens is 280 g/mol. The number of aliphatic hydroxyl groups excluding tert-OH is 1. The Bertz CT molecular complexity index is 760. The predicted molar refractivity (Wildman–Crippen MR) is 85.7 cm³/mol. The summed E-state index contributed by atoms with van der Waals surface area (Å²) in [6, 6.07) is 16.7. The lowest BCUT2D eigenvalue weighted by Gasteiger charge is -2.24. The number of aliphatic hydroxyl groups is 1. The largest absolute Gasteiger partial charge is 0.512 e. The van der Waals surface area contributed by atoms with Crippen molar-refractivity contribution >= 4 is 17.6 Å². The van der Waals surface area contributed by atoms with Gasteiger partial charge in [-0.1, -0.05) is 42.5 Å². The van der Waals surface area contributed by atoms with Crippen molar-refractivity contribution in [3.63, 3.8) is 0 Å². The van der Waals surface area contributed by atoms with Crippen molar-refractivity contribution in [1.29, 1.82) is 0 Å². The van der Waals surface area contributed by atoms with Crippen LogP contribution in [0.1, 0.15) is 18.4 Å². The number of fused-ring (bicyclic) bond motifs is 2. The van der Waals surface area contributed by atoms with Crippen molar-refractivity contribution in [2.75, 3.05) is 0 Å². The lowest BCUT2D eigenvalue weighted by molar-refractivity contribution is 0.368. The Balaban J connectivity index is 1.80. The molecule has 0 radical (unpaired) electrons. The molecule has 1 N–H and O–H groups in total. The fourth-order valence-electron chi connectivity index (χ4n) is 2.73. The zero-order valence-electron chi connectivity index (χ0n) is 11.4. The van der Waals surface area contributed by atoms with Gasteiger partial charge in [0.05, 0.1) is 22.7 Å². The monoisotopic (exact) mass is 294 g/mol. The van der Waals surface area contributed by atoms with Gasteiger partial charge in [0.15, 0.2) is 0 Å². The maximum Gasteiger partial charge on any atom is 0.123 e. The minimum atomic E-state index is 0.433. The maximum atomic E-state index is 9.77. The first-order valence-corrected chi connectivity index (χ1v) is 7.72. The van der Waals surface area contributed by atoms with E-state index in [0.29, 0.717) is 12.2 Å². The van der Waals surface area contributed by atoms with Crippen LogP contribution in [0.15, 0.2) is 71.0 Å². The standard InChI is InChI=1S/C18H14O2S/c19-14-7-9-17-16(11-14)15-8-6-13(10-18(15)21-20-17)12-4-2-1-3-5-12/h1-6,8,10-11,19H,7,9H2. The molecule has 0 saturated carbocycles. The number of rotatable bonds is 1. The highest BCUT2D eigenvalue weighted by Gasteiger charge is 2.24.